The smallest absolute Gasteiger partial charge is 0.295 e. The van der Waals surface area contributed by atoms with Crippen LogP contribution in [0, 0.1) is 0 Å². The average Bonchev–Trinajstić information content (AvgIpc) is 2.09. The third-order valence-corrected chi connectivity index (χ3v) is 1.77. The Morgan fingerprint density at radius 1 is 1.62 bits per heavy atom. The number of rotatable bonds is 2. The Balaban J connectivity index is 3.16. The molecular weight excluding hydrogens is 192 g/mol. The zero-order valence-corrected chi connectivity index (χ0v) is 7.84. The molecule has 1 rings (SSSR count). The van der Waals surface area contributed by atoms with Gasteiger partial charge < -0.3 is 0 Å². The lowest BCUT2D eigenvalue weighted by atomic mass is 10.5. The van der Waals surface area contributed by atoms with Crippen LogP contribution >= 0.6 is 11.6 Å². The maximum atomic E-state index is 11.1. The number of allylic oxidation sites excluding steroid dienone is 2. The van der Waals surface area contributed by atoms with Crippen LogP contribution in [0.4, 0.5) is 0 Å². The van der Waals surface area contributed by atoms with Crippen LogP contribution in [0.1, 0.15) is 6.92 Å². The van der Waals surface area contributed by atoms with E-state index in [0.29, 0.717) is 6.54 Å². The Morgan fingerprint density at radius 2 is 2.31 bits per heavy atom. The minimum absolute atomic E-state index is 0.0177. The standard InChI is InChI=1S/C8H9ClN2O2/c1-2-3-4-11-5-6(9)7(12)10-8(11)13/h2-3,5H,4H2,1H3,(H,10,12,13). The first-order chi connectivity index (χ1) is 6.15. The van der Waals surface area contributed by atoms with Gasteiger partial charge in [0.05, 0.1) is 0 Å². The molecule has 0 amide bonds. The molecule has 0 spiro atoms. The van der Waals surface area contributed by atoms with Crippen molar-refractivity contribution in [3.63, 3.8) is 0 Å². The zero-order valence-electron chi connectivity index (χ0n) is 7.08. The lowest BCUT2D eigenvalue weighted by Gasteiger charge is -1.99. The van der Waals surface area contributed by atoms with E-state index in [1.807, 2.05) is 13.0 Å². The van der Waals surface area contributed by atoms with Gasteiger partial charge >= 0.3 is 5.69 Å². The molecule has 0 radical (unpaired) electrons. The van der Waals surface area contributed by atoms with Gasteiger partial charge in [0, 0.05) is 12.7 Å². The lowest BCUT2D eigenvalue weighted by Crippen LogP contribution is -2.29. The van der Waals surface area contributed by atoms with Gasteiger partial charge in [-0.15, -0.1) is 0 Å². The fourth-order valence-corrected chi connectivity index (χ4v) is 1.00. The number of aromatic amines is 1. The van der Waals surface area contributed by atoms with Gasteiger partial charge in [-0.3, -0.25) is 14.3 Å². The molecule has 70 valence electrons. The molecule has 0 bridgehead atoms. The summed E-state index contributed by atoms with van der Waals surface area (Å²) in [5, 5.41) is 0.0177. The minimum Gasteiger partial charge on any atom is -0.295 e. The highest BCUT2D eigenvalue weighted by molar-refractivity contribution is 6.30. The summed E-state index contributed by atoms with van der Waals surface area (Å²) in [5.41, 5.74) is -1.00. The van der Waals surface area contributed by atoms with Crippen molar-refractivity contribution >= 4 is 11.6 Å². The summed E-state index contributed by atoms with van der Waals surface area (Å²) in [7, 11) is 0. The topological polar surface area (TPSA) is 54.9 Å². The maximum Gasteiger partial charge on any atom is 0.328 e. The molecule has 1 aromatic rings. The molecule has 0 saturated carbocycles. The Morgan fingerprint density at radius 3 is 2.92 bits per heavy atom. The van der Waals surface area contributed by atoms with Crippen molar-refractivity contribution in [3.8, 4) is 0 Å². The molecule has 5 heteroatoms. The van der Waals surface area contributed by atoms with Gasteiger partial charge in [-0.25, -0.2) is 4.79 Å². The zero-order chi connectivity index (χ0) is 9.84. The second-order valence-corrected chi connectivity index (χ2v) is 2.86. The van der Waals surface area contributed by atoms with Gasteiger partial charge in [-0.2, -0.15) is 0 Å². The summed E-state index contributed by atoms with van der Waals surface area (Å²) < 4.78 is 1.32. The van der Waals surface area contributed by atoms with Crippen molar-refractivity contribution in [2.75, 3.05) is 0 Å². The predicted octanol–water partition coefficient (Wildman–Crippen LogP) is 0.766. The SMILES string of the molecule is CC=CCn1cc(Cl)c(=O)[nH]c1=O. The Labute approximate surface area is 79.5 Å². The van der Waals surface area contributed by atoms with Gasteiger partial charge in [0.15, 0.2) is 0 Å². The van der Waals surface area contributed by atoms with Crippen LogP contribution in [0.25, 0.3) is 0 Å². The lowest BCUT2D eigenvalue weighted by molar-refractivity contribution is 0.735. The molecule has 1 N–H and O–H groups in total. The third kappa shape index (κ3) is 2.32. The molecule has 0 fully saturated rings. The average molecular weight is 201 g/mol. The first-order valence-electron chi connectivity index (χ1n) is 3.75. The highest BCUT2D eigenvalue weighted by Gasteiger charge is 1.99. The number of halogens is 1. The largest absolute Gasteiger partial charge is 0.328 e. The van der Waals surface area contributed by atoms with Gasteiger partial charge in [0.2, 0.25) is 0 Å². The second-order valence-electron chi connectivity index (χ2n) is 2.46. The highest BCUT2D eigenvalue weighted by Crippen LogP contribution is 1.95. The van der Waals surface area contributed by atoms with Crippen molar-refractivity contribution in [1.29, 1.82) is 0 Å². The molecule has 0 aliphatic rings. The van der Waals surface area contributed by atoms with E-state index in [1.165, 1.54) is 10.8 Å². The van der Waals surface area contributed by atoms with Crippen LogP contribution in [0.5, 0.6) is 0 Å². The van der Waals surface area contributed by atoms with Gasteiger partial charge in [0.1, 0.15) is 5.02 Å². The van der Waals surface area contributed by atoms with E-state index in [-0.39, 0.29) is 5.02 Å². The number of H-pyrrole nitrogens is 1. The molecule has 4 nitrogen and oxygen atoms in total. The van der Waals surface area contributed by atoms with E-state index in [9.17, 15) is 9.59 Å². The normalized spacial score (nSPS) is 10.9. The van der Waals surface area contributed by atoms with Crippen molar-refractivity contribution in [3.05, 3.63) is 44.2 Å². The number of hydrogen-bond acceptors (Lipinski definition) is 2. The fourth-order valence-electron chi connectivity index (χ4n) is 0.837. The van der Waals surface area contributed by atoms with Gasteiger partial charge in [0.25, 0.3) is 5.56 Å². The Kier molecular flexibility index (Phi) is 3.08. The van der Waals surface area contributed by atoms with Crippen molar-refractivity contribution in [2.45, 2.75) is 13.5 Å². The summed E-state index contributed by atoms with van der Waals surface area (Å²) >= 11 is 5.54. The van der Waals surface area contributed by atoms with Crippen molar-refractivity contribution in [2.24, 2.45) is 0 Å². The van der Waals surface area contributed by atoms with E-state index < -0.39 is 11.2 Å². The summed E-state index contributed by atoms with van der Waals surface area (Å²) in [6.07, 6.45) is 4.92. The molecule has 13 heavy (non-hydrogen) atoms. The summed E-state index contributed by atoms with van der Waals surface area (Å²) in [6.45, 7) is 2.25. The van der Waals surface area contributed by atoms with Crippen LogP contribution < -0.4 is 11.2 Å². The molecule has 1 heterocycles. The highest BCUT2D eigenvalue weighted by atomic mass is 35.5. The van der Waals surface area contributed by atoms with Gasteiger partial charge in [-0.05, 0) is 6.92 Å². The fraction of sp³-hybridized carbons (Fsp3) is 0.250. The quantitative estimate of drug-likeness (QED) is 0.717. The van der Waals surface area contributed by atoms with Crippen LogP contribution in [-0.4, -0.2) is 9.55 Å². The van der Waals surface area contributed by atoms with Crippen LogP contribution in [-0.2, 0) is 6.54 Å². The third-order valence-electron chi connectivity index (χ3n) is 1.51. The van der Waals surface area contributed by atoms with Gasteiger partial charge in [-0.1, -0.05) is 23.8 Å². The second kappa shape index (κ2) is 4.09. The van der Waals surface area contributed by atoms with E-state index in [1.54, 1.807) is 6.08 Å². The maximum absolute atomic E-state index is 11.1. The molecule has 0 aliphatic carbocycles. The van der Waals surface area contributed by atoms with E-state index in [4.69, 9.17) is 11.6 Å². The molecular formula is C8H9ClN2O2. The van der Waals surface area contributed by atoms with Crippen LogP contribution in [0.15, 0.2) is 27.9 Å². The first-order valence-corrected chi connectivity index (χ1v) is 4.13. The van der Waals surface area contributed by atoms with Crippen molar-refractivity contribution in [1.82, 2.24) is 9.55 Å². The predicted molar refractivity (Wildman–Crippen MR) is 51.1 cm³/mol. The number of aromatic nitrogens is 2. The Bertz CT molecular complexity index is 431. The molecule has 0 saturated heterocycles. The number of nitrogens with one attached hydrogen (secondary N) is 1. The number of nitrogens with zero attached hydrogens (tertiary/aromatic N) is 1. The monoisotopic (exact) mass is 200 g/mol. The Hall–Kier alpha value is -1.29. The van der Waals surface area contributed by atoms with E-state index in [2.05, 4.69) is 4.98 Å². The molecule has 1 aromatic heterocycles. The summed E-state index contributed by atoms with van der Waals surface area (Å²) in [4.78, 5) is 24.1. The molecule has 0 aromatic carbocycles. The van der Waals surface area contributed by atoms with E-state index >= 15 is 0 Å². The minimum atomic E-state index is -0.552. The first kappa shape index (κ1) is 9.80. The van der Waals surface area contributed by atoms with Crippen molar-refractivity contribution < 1.29 is 0 Å². The van der Waals surface area contributed by atoms with E-state index in [0.717, 1.165) is 0 Å². The summed E-state index contributed by atoms with van der Waals surface area (Å²) in [5.74, 6) is 0. The summed E-state index contributed by atoms with van der Waals surface area (Å²) in [6, 6.07) is 0. The van der Waals surface area contributed by atoms with Crippen LogP contribution in [0.3, 0.4) is 0 Å². The van der Waals surface area contributed by atoms with Crippen LogP contribution in [0.2, 0.25) is 5.02 Å². The molecule has 0 unspecified atom stereocenters. The molecule has 0 atom stereocenters. The molecule has 0 aliphatic heterocycles. The number of hydrogen-bond donors (Lipinski definition) is 1.